The average Bonchev–Trinajstić information content (AvgIpc) is 2.38. The molecular formula is C14H23BrN2O2. The van der Waals surface area contributed by atoms with Gasteiger partial charge in [-0.1, -0.05) is 15.9 Å². The first-order chi connectivity index (χ1) is 9.08. The molecule has 1 atom stereocenters. The van der Waals surface area contributed by atoms with Gasteiger partial charge in [-0.05, 0) is 30.7 Å². The predicted molar refractivity (Wildman–Crippen MR) is 82.2 cm³/mol. The molecule has 0 aliphatic carbocycles. The zero-order chi connectivity index (χ0) is 14.3. The Morgan fingerprint density at radius 2 is 2.05 bits per heavy atom. The second kappa shape index (κ2) is 8.53. The zero-order valence-electron chi connectivity index (χ0n) is 11.9. The highest BCUT2D eigenvalue weighted by Gasteiger charge is 2.15. The third-order valence-electron chi connectivity index (χ3n) is 3.06. The molecule has 2 N–H and O–H groups in total. The predicted octanol–water partition coefficient (Wildman–Crippen LogP) is 2.51. The van der Waals surface area contributed by atoms with E-state index in [4.69, 9.17) is 15.2 Å². The number of nitrogens with two attached hydrogens (primary N) is 1. The maximum Gasteiger partial charge on any atom is 0.0615 e. The van der Waals surface area contributed by atoms with E-state index in [1.54, 1.807) is 14.2 Å². The van der Waals surface area contributed by atoms with Gasteiger partial charge in [0.2, 0.25) is 0 Å². The van der Waals surface area contributed by atoms with Crippen LogP contribution >= 0.6 is 15.9 Å². The summed E-state index contributed by atoms with van der Waals surface area (Å²) in [7, 11) is 3.44. The lowest BCUT2D eigenvalue weighted by molar-refractivity contribution is 0.0704. The van der Waals surface area contributed by atoms with Gasteiger partial charge in [0.1, 0.15) is 0 Å². The van der Waals surface area contributed by atoms with E-state index in [2.05, 4.69) is 27.8 Å². The minimum absolute atomic E-state index is 0.327. The Morgan fingerprint density at radius 3 is 2.68 bits per heavy atom. The molecule has 1 rings (SSSR count). The summed E-state index contributed by atoms with van der Waals surface area (Å²) in [6.07, 6.45) is 0. The molecule has 0 amide bonds. The zero-order valence-corrected chi connectivity index (χ0v) is 13.4. The number of hydrogen-bond donors (Lipinski definition) is 1. The van der Waals surface area contributed by atoms with Crippen LogP contribution in [0.4, 0.5) is 5.69 Å². The van der Waals surface area contributed by atoms with E-state index in [1.165, 1.54) is 5.56 Å². The highest BCUT2D eigenvalue weighted by Crippen LogP contribution is 2.22. The van der Waals surface area contributed by atoms with Gasteiger partial charge >= 0.3 is 0 Å². The summed E-state index contributed by atoms with van der Waals surface area (Å²) < 4.78 is 11.5. The molecule has 0 spiro atoms. The van der Waals surface area contributed by atoms with E-state index in [9.17, 15) is 0 Å². The van der Waals surface area contributed by atoms with E-state index < -0.39 is 0 Å². The molecule has 0 saturated heterocycles. The van der Waals surface area contributed by atoms with E-state index in [0.717, 1.165) is 23.2 Å². The van der Waals surface area contributed by atoms with Crippen LogP contribution in [-0.2, 0) is 16.0 Å². The molecule has 5 heteroatoms. The van der Waals surface area contributed by atoms with Gasteiger partial charge in [0.05, 0.1) is 13.2 Å². The van der Waals surface area contributed by atoms with Crippen LogP contribution in [0.2, 0.25) is 0 Å². The number of ether oxygens (including phenoxy) is 2. The minimum Gasteiger partial charge on any atom is -0.399 e. The Hall–Kier alpha value is -0.620. The fraction of sp³-hybridized carbons (Fsp3) is 0.571. The molecule has 1 aromatic carbocycles. The van der Waals surface area contributed by atoms with Gasteiger partial charge in [-0.25, -0.2) is 0 Å². The second-order valence-corrected chi connectivity index (χ2v) is 5.47. The number of hydrogen-bond acceptors (Lipinski definition) is 4. The Labute approximate surface area is 124 Å². The minimum atomic E-state index is 0.327. The SMILES string of the molecule is COCCN(Cc1cc(N)ccc1Br)C(C)COC. The highest BCUT2D eigenvalue weighted by atomic mass is 79.9. The fourth-order valence-electron chi connectivity index (χ4n) is 1.95. The van der Waals surface area contributed by atoms with Gasteiger partial charge in [0, 0.05) is 43.5 Å². The largest absolute Gasteiger partial charge is 0.399 e. The molecule has 0 aliphatic heterocycles. The summed E-state index contributed by atoms with van der Waals surface area (Å²) in [6, 6.07) is 6.21. The van der Waals surface area contributed by atoms with Crippen LogP contribution in [0, 0.1) is 0 Å². The molecule has 0 fully saturated rings. The third kappa shape index (κ3) is 5.48. The number of anilines is 1. The highest BCUT2D eigenvalue weighted by molar-refractivity contribution is 9.10. The van der Waals surface area contributed by atoms with Crippen LogP contribution in [0.25, 0.3) is 0 Å². The van der Waals surface area contributed by atoms with Gasteiger partial charge in [-0.3, -0.25) is 4.90 Å². The average molecular weight is 331 g/mol. The number of halogens is 1. The van der Waals surface area contributed by atoms with Crippen molar-refractivity contribution in [2.24, 2.45) is 0 Å². The van der Waals surface area contributed by atoms with Crippen molar-refractivity contribution in [1.82, 2.24) is 4.90 Å². The molecule has 108 valence electrons. The van der Waals surface area contributed by atoms with Crippen LogP contribution in [0.15, 0.2) is 22.7 Å². The summed E-state index contributed by atoms with van der Waals surface area (Å²) in [5, 5.41) is 0. The molecular weight excluding hydrogens is 308 g/mol. The molecule has 0 bridgehead atoms. The topological polar surface area (TPSA) is 47.7 Å². The lowest BCUT2D eigenvalue weighted by atomic mass is 10.1. The van der Waals surface area contributed by atoms with Gasteiger partial charge < -0.3 is 15.2 Å². The normalized spacial score (nSPS) is 12.9. The van der Waals surface area contributed by atoms with Crippen molar-refractivity contribution < 1.29 is 9.47 Å². The van der Waals surface area contributed by atoms with Gasteiger partial charge in [0.25, 0.3) is 0 Å². The van der Waals surface area contributed by atoms with Gasteiger partial charge in [-0.15, -0.1) is 0 Å². The van der Waals surface area contributed by atoms with E-state index in [1.807, 2.05) is 18.2 Å². The summed E-state index contributed by atoms with van der Waals surface area (Å²) in [5.74, 6) is 0. The maximum absolute atomic E-state index is 5.85. The molecule has 19 heavy (non-hydrogen) atoms. The first-order valence-corrected chi connectivity index (χ1v) is 7.13. The van der Waals surface area contributed by atoms with E-state index in [0.29, 0.717) is 19.3 Å². The van der Waals surface area contributed by atoms with Crippen molar-refractivity contribution in [2.75, 3.05) is 39.7 Å². The van der Waals surface area contributed by atoms with Crippen molar-refractivity contribution in [1.29, 1.82) is 0 Å². The van der Waals surface area contributed by atoms with Crippen LogP contribution in [-0.4, -0.2) is 44.9 Å². The lowest BCUT2D eigenvalue weighted by Crippen LogP contribution is -2.38. The van der Waals surface area contributed by atoms with Crippen LogP contribution < -0.4 is 5.73 Å². The molecule has 1 unspecified atom stereocenters. The molecule has 0 radical (unpaired) electrons. The Balaban J connectivity index is 2.77. The maximum atomic E-state index is 5.85. The molecule has 0 saturated carbocycles. The first kappa shape index (κ1) is 16.4. The number of nitrogen functional groups attached to an aromatic ring is 1. The standard InChI is InChI=1S/C14H23BrN2O2/c1-11(10-19-3)17(6-7-18-2)9-12-8-13(16)4-5-14(12)15/h4-5,8,11H,6-7,9-10,16H2,1-3H3. The Morgan fingerprint density at radius 1 is 1.32 bits per heavy atom. The van der Waals surface area contributed by atoms with Crippen LogP contribution in [0.5, 0.6) is 0 Å². The summed E-state index contributed by atoms with van der Waals surface area (Å²) in [4.78, 5) is 2.33. The smallest absolute Gasteiger partial charge is 0.0615 e. The van der Waals surface area contributed by atoms with E-state index >= 15 is 0 Å². The van der Waals surface area contributed by atoms with Gasteiger partial charge in [-0.2, -0.15) is 0 Å². The Kier molecular flexibility index (Phi) is 7.38. The fourth-order valence-corrected chi connectivity index (χ4v) is 2.32. The Bertz CT molecular complexity index is 388. The van der Waals surface area contributed by atoms with Crippen molar-refractivity contribution >= 4 is 21.6 Å². The molecule has 4 nitrogen and oxygen atoms in total. The second-order valence-electron chi connectivity index (χ2n) is 4.62. The third-order valence-corrected chi connectivity index (χ3v) is 3.83. The number of rotatable bonds is 8. The van der Waals surface area contributed by atoms with Crippen LogP contribution in [0.1, 0.15) is 12.5 Å². The monoisotopic (exact) mass is 330 g/mol. The van der Waals surface area contributed by atoms with Crippen molar-refractivity contribution in [3.05, 3.63) is 28.2 Å². The van der Waals surface area contributed by atoms with Crippen LogP contribution in [0.3, 0.4) is 0 Å². The lowest BCUT2D eigenvalue weighted by Gasteiger charge is -2.29. The summed E-state index contributed by atoms with van der Waals surface area (Å²) in [6.45, 7) is 5.23. The summed E-state index contributed by atoms with van der Waals surface area (Å²) in [5.41, 5.74) is 7.81. The molecule has 1 aromatic rings. The van der Waals surface area contributed by atoms with Crippen molar-refractivity contribution in [3.63, 3.8) is 0 Å². The number of methoxy groups -OCH3 is 2. The van der Waals surface area contributed by atoms with Crippen molar-refractivity contribution in [2.45, 2.75) is 19.5 Å². The number of nitrogens with zero attached hydrogens (tertiary/aromatic N) is 1. The van der Waals surface area contributed by atoms with Crippen molar-refractivity contribution in [3.8, 4) is 0 Å². The molecule has 0 aliphatic rings. The first-order valence-electron chi connectivity index (χ1n) is 6.34. The summed E-state index contributed by atoms with van der Waals surface area (Å²) >= 11 is 3.57. The molecule has 0 heterocycles. The van der Waals surface area contributed by atoms with Gasteiger partial charge in [0.15, 0.2) is 0 Å². The molecule has 0 aromatic heterocycles. The number of benzene rings is 1. The van der Waals surface area contributed by atoms with E-state index in [-0.39, 0.29) is 0 Å². The quantitative estimate of drug-likeness (QED) is 0.744.